The Morgan fingerprint density at radius 3 is 2.43 bits per heavy atom. The zero-order valence-corrected chi connectivity index (χ0v) is 11.9. The van der Waals surface area contributed by atoms with E-state index in [1.165, 1.54) is 9.80 Å². The van der Waals surface area contributed by atoms with Crippen molar-refractivity contribution in [3.63, 3.8) is 0 Å². The maximum Gasteiger partial charge on any atom is 0.316 e. The number of benzene rings is 1. The van der Waals surface area contributed by atoms with Crippen LogP contribution in [-0.2, 0) is 20.8 Å². The number of carbonyl (C=O) groups excluding carboxylic acids is 2. The number of carbonyl (C=O) groups is 3. The first-order valence-electron chi connectivity index (χ1n) is 6.86. The fourth-order valence-electron chi connectivity index (χ4n) is 2.26. The summed E-state index contributed by atoms with van der Waals surface area (Å²) >= 11 is 0. The molecular weight excluding hydrogens is 272 g/mol. The highest BCUT2D eigenvalue weighted by Gasteiger charge is 2.30. The minimum absolute atomic E-state index is 0.146. The maximum absolute atomic E-state index is 11.9. The van der Waals surface area contributed by atoms with E-state index in [4.69, 9.17) is 5.11 Å². The van der Waals surface area contributed by atoms with Gasteiger partial charge < -0.3 is 14.9 Å². The van der Waals surface area contributed by atoms with Gasteiger partial charge in [-0.3, -0.25) is 14.4 Å². The fraction of sp³-hybridized carbons (Fsp3) is 0.400. The van der Waals surface area contributed by atoms with Crippen LogP contribution in [0.15, 0.2) is 24.3 Å². The van der Waals surface area contributed by atoms with Crippen molar-refractivity contribution in [3.8, 4) is 0 Å². The molecular formula is C15H18N2O4. The Morgan fingerprint density at radius 2 is 1.81 bits per heavy atom. The minimum Gasteiger partial charge on any atom is -0.481 e. The van der Waals surface area contributed by atoms with Gasteiger partial charge in [-0.25, -0.2) is 0 Å². The number of aryl methyl sites for hydroxylation is 1. The molecule has 0 bridgehead atoms. The Bertz CT molecular complexity index is 553. The Balaban J connectivity index is 2.00. The van der Waals surface area contributed by atoms with Crippen LogP contribution in [0.3, 0.4) is 0 Å². The predicted molar refractivity (Wildman–Crippen MR) is 77.0 cm³/mol. The molecule has 112 valence electrons. The standard InChI is InChI=1S/C15H18N2O4/c1-16-9-10-17(15(21)14(16)20)12-7-5-11(6-8-12)3-2-4-13(18)19/h5-8H,2-4,9-10H2,1H3,(H,18,19). The molecule has 6 nitrogen and oxygen atoms in total. The molecule has 1 aliphatic heterocycles. The number of anilines is 1. The SMILES string of the molecule is CN1CCN(c2ccc(CCCC(=O)O)cc2)C(=O)C1=O. The van der Waals surface area contributed by atoms with Gasteiger partial charge in [0.25, 0.3) is 0 Å². The number of piperazine rings is 1. The molecule has 1 saturated heterocycles. The molecule has 21 heavy (non-hydrogen) atoms. The average molecular weight is 290 g/mol. The third kappa shape index (κ3) is 3.59. The van der Waals surface area contributed by atoms with Crippen molar-refractivity contribution in [1.29, 1.82) is 0 Å². The number of likely N-dealkylation sites (N-methyl/N-ethyl adjacent to an activating group) is 1. The Labute approximate surface area is 123 Å². The Kier molecular flexibility index (Phi) is 4.57. The zero-order valence-electron chi connectivity index (χ0n) is 11.9. The van der Waals surface area contributed by atoms with Crippen LogP contribution in [0.1, 0.15) is 18.4 Å². The number of nitrogens with zero attached hydrogens (tertiary/aromatic N) is 2. The van der Waals surface area contributed by atoms with E-state index in [9.17, 15) is 14.4 Å². The number of carboxylic acids is 1. The van der Waals surface area contributed by atoms with E-state index in [0.717, 1.165) is 5.56 Å². The molecule has 2 amide bonds. The van der Waals surface area contributed by atoms with Crippen LogP contribution >= 0.6 is 0 Å². The van der Waals surface area contributed by atoms with Crippen LogP contribution in [0.4, 0.5) is 5.69 Å². The molecule has 0 aliphatic carbocycles. The molecule has 1 aromatic carbocycles. The van der Waals surface area contributed by atoms with E-state index in [-0.39, 0.29) is 6.42 Å². The van der Waals surface area contributed by atoms with Gasteiger partial charge in [0.2, 0.25) is 0 Å². The van der Waals surface area contributed by atoms with Gasteiger partial charge >= 0.3 is 17.8 Å². The lowest BCUT2D eigenvalue weighted by Crippen LogP contribution is -2.53. The van der Waals surface area contributed by atoms with Gasteiger partial charge in [0.1, 0.15) is 0 Å². The highest BCUT2D eigenvalue weighted by molar-refractivity contribution is 6.40. The molecule has 0 aromatic heterocycles. The van der Waals surface area contributed by atoms with Crippen molar-refractivity contribution >= 4 is 23.5 Å². The van der Waals surface area contributed by atoms with Gasteiger partial charge in [-0.05, 0) is 30.5 Å². The summed E-state index contributed by atoms with van der Waals surface area (Å²) in [5, 5.41) is 8.60. The maximum atomic E-state index is 11.9. The second-order valence-corrected chi connectivity index (χ2v) is 5.10. The number of carboxylic acid groups (broad SMARTS) is 1. The van der Waals surface area contributed by atoms with Gasteiger partial charge in [0, 0.05) is 32.2 Å². The van der Waals surface area contributed by atoms with Gasteiger partial charge in [0.15, 0.2) is 0 Å². The van der Waals surface area contributed by atoms with Crippen LogP contribution in [0.2, 0.25) is 0 Å². The molecule has 1 aromatic rings. The van der Waals surface area contributed by atoms with E-state index in [1.807, 2.05) is 12.1 Å². The first-order chi connectivity index (χ1) is 9.99. The Hall–Kier alpha value is -2.37. The van der Waals surface area contributed by atoms with Gasteiger partial charge in [-0.15, -0.1) is 0 Å². The van der Waals surface area contributed by atoms with Crippen LogP contribution in [0.25, 0.3) is 0 Å². The molecule has 6 heteroatoms. The molecule has 0 spiro atoms. The van der Waals surface area contributed by atoms with E-state index in [2.05, 4.69) is 0 Å². The van der Waals surface area contributed by atoms with Crippen LogP contribution < -0.4 is 4.90 Å². The highest BCUT2D eigenvalue weighted by atomic mass is 16.4. The normalized spacial score (nSPS) is 15.5. The summed E-state index contributed by atoms with van der Waals surface area (Å²) in [6.07, 6.45) is 1.41. The lowest BCUT2D eigenvalue weighted by atomic mass is 10.1. The van der Waals surface area contributed by atoms with Crippen LogP contribution in [-0.4, -0.2) is 47.9 Å². The minimum atomic E-state index is -0.798. The van der Waals surface area contributed by atoms with Crippen molar-refractivity contribution < 1.29 is 19.5 Å². The van der Waals surface area contributed by atoms with Crippen molar-refractivity contribution in [2.75, 3.05) is 25.0 Å². The van der Waals surface area contributed by atoms with Crippen molar-refractivity contribution in [1.82, 2.24) is 4.90 Å². The van der Waals surface area contributed by atoms with E-state index >= 15 is 0 Å². The highest BCUT2D eigenvalue weighted by Crippen LogP contribution is 2.19. The van der Waals surface area contributed by atoms with Gasteiger partial charge in [-0.1, -0.05) is 12.1 Å². The first kappa shape index (κ1) is 15.0. The summed E-state index contributed by atoms with van der Waals surface area (Å²) in [5.74, 6) is -1.80. The molecule has 0 unspecified atom stereocenters. The second-order valence-electron chi connectivity index (χ2n) is 5.10. The average Bonchev–Trinajstić information content (AvgIpc) is 2.46. The third-order valence-electron chi connectivity index (χ3n) is 3.54. The summed E-state index contributed by atoms with van der Waals surface area (Å²) in [5.41, 5.74) is 1.72. The van der Waals surface area contributed by atoms with E-state index in [0.29, 0.717) is 31.6 Å². The summed E-state index contributed by atoms with van der Waals surface area (Å²) in [6, 6.07) is 7.33. The number of hydrogen-bond acceptors (Lipinski definition) is 3. The molecule has 0 atom stereocenters. The monoisotopic (exact) mass is 290 g/mol. The molecule has 1 heterocycles. The van der Waals surface area contributed by atoms with Gasteiger partial charge in [0.05, 0.1) is 0 Å². The van der Waals surface area contributed by atoms with E-state index < -0.39 is 17.8 Å². The number of hydrogen-bond donors (Lipinski definition) is 1. The third-order valence-corrected chi connectivity index (χ3v) is 3.54. The topological polar surface area (TPSA) is 77.9 Å². The largest absolute Gasteiger partial charge is 0.481 e. The summed E-state index contributed by atoms with van der Waals surface area (Å²) in [7, 11) is 1.61. The quantitative estimate of drug-likeness (QED) is 0.817. The number of aliphatic carboxylic acids is 1. The lowest BCUT2D eigenvalue weighted by Gasteiger charge is -2.31. The van der Waals surface area contributed by atoms with Gasteiger partial charge in [-0.2, -0.15) is 0 Å². The zero-order chi connectivity index (χ0) is 15.4. The summed E-state index contributed by atoms with van der Waals surface area (Å²) < 4.78 is 0. The molecule has 1 fully saturated rings. The predicted octanol–water partition coefficient (Wildman–Crippen LogP) is 0.899. The lowest BCUT2D eigenvalue weighted by molar-refractivity contribution is -0.145. The molecule has 0 saturated carbocycles. The molecule has 0 radical (unpaired) electrons. The Morgan fingerprint density at radius 1 is 1.14 bits per heavy atom. The fourth-order valence-corrected chi connectivity index (χ4v) is 2.26. The molecule has 2 rings (SSSR count). The smallest absolute Gasteiger partial charge is 0.316 e. The van der Waals surface area contributed by atoms with Crippen LogP contribution in [0.5, 0.6) is 0 Å². The summed E-state index contributed by atoms with van der Waals surface area (Å²) in [4.78, 5) is 37.0. The van der Waals surface area contributed by atoms with Crippen LogP contribution in [0, 0.1) is 0 Å². The summed E-state index contributed by atoms with van der Waals surface area (Å²) in [6.45, 7) is 1.00. The molecule has 1 N–H and O–H groups in total. The number of rotatable bonds is 5. The molecule has 1 aliphatic rings. The van der Waals surface area contributed by atoms with Crippen molar-refractivity contribution in [3.05, 3.63) is 29.8 Å². The van der Waals surface area contributed by atoms with E-state index in [1.54, 1.807) is 19.2 Å². The van der Waals surface area contributed by atoms with Crippen molar-refractivity contribution in [2.45, 2.75) is 19.3 Å². The van der Waals surface area contributed by atoms with Crippen molar-refractivity contribution in [2.24, 2.45) is 0 Å². The second kappa shape index (κ2) is 6.39. The number of amides is 2. The first-order valence-corrected chi connectivity index (χ1v) is 6.86.